The molecular weight excluding hydrogens is 378 g/mol. The summed E-state index contributed by atoms with van der Waals surface area (Å²) in [5.74, 6) is 0.750. The quantitative estimate of drug-likeness (QED) is 0.521. The zero-order valence-electron chi connectivity index (χ0n) is 17.3. The number of methoxy groups -OCH3 is 1. The van der Waals surface area contributed by atoms with E-state index < -0.39 is 0 Å². The maximum atomic E-state index is 13.6. The SMILES string of the molecule is COc1ccc2nc(C)c(C(=O)N3CCC[C@@H]3c3ccnc4cc(C)nn34)cc2c1. The first-order valence-corrected chi connectivity index (χ1v) is 10.1. The highest BCUT2D eigenvalue weighted by atomic mass is 16.5. The van der Waals surface area contributed by atoms with Crippen LogP contribution in [0.15, 0.2) is 42.6 Å². The normalized spacial score (nSPS) is 16.5. The molecule has 1 aliphatic heterocycles. The lowest BCUT2D eigenvalue weighted by atomic mass is 10.1. The Bertz CT molecular complexity index is 1280. The minimum absolute atomic E-state index is 0.000982. The maximum absolute atomic E-state index is 13.6. The molecule has 1 amide bonds. The minimum Gasteiger partial charge on any atom is -0.497 e. The van der Waals surface area contributed by atoms with Gasteiger partial charge in [0.15, 0.2) is 5.65 Å². The first kappa shape index (κ1) is 18.5. The van der Waals surface area contributed by atoms with Gasteiger partial charge in [0.1, 0.15) is 5.75 Å². The van der Waals surface area contributed by atoms with Gasteiger partial charge in [0.25, 0.3) is 5.91 Å². The van der Waals surface area contributed by atoms with Crippen molar-refractivity contribution >= 4 is 22.5 Å². The molecule has 1 saturated heterocycles. The second kappa shape index (κ2) is 7.09. The van der Waals surface area contributed by atoms with Crippen molar-refractivity contribution in [1.29, 1.82) is 0 Å². The van der Waals surface area contributed by atoms with Crippen molar-refractivity contribution in [2.24, 2.45) is 0 Å². The Morgan fingerprint density at radius 3 is 2.87 bits per heavy atom. The van der Waals surface area contributed by atoms with Gasteiger partial charge in [-0.15, -0.1) is 0 Å². The van der Waals surface area contributed by atoms with Gasteiger partial charge < -0.3 is 9.64 Å². The molecule has 0 radical (unpaired) electrons. The fourth-order valence-corrected chi connectivity index (χ4v) is 4.35. The summed E-state index contributed by atoms with van der Waals surface area (Å²) in [6.45, 7) is 4.56. The number of aryl methyl sites for hydroxylation is 2. The van der Waals surface area contributed by atoms with Gasteiger partial charge in [-0.05, 0) is 57.0 Å². The number of likely N-dealkylation sites (tertiary alicyclic amines) is 1. The van der Waals surface area contributed by atoms with Crippen LogP contribution in [0.25, 0.3) is 16.6 Å². The van der Waals surface area contributed by atoms with Gasteiger partial charge in [0, 0.05) is 24.2 Å². The van der Waals surface area contributed by atoms with E-state index in [1.165, 1.54) is 0 Å². The van der Waals surface area contributed by atoms with Crippen molar-refractivity contribution in [3.05, 3.63) is 65.2 Å². The van der Waals surface area contributed by atoms with Crippen molar-refractivity contribution in [1.82, 2.24) is 24.5 Å². The number of nitrogens with zero attached hydrogens (tertiary/aromatic N) is 5. The van der Waals surface area contributed by atoms with Crippen LogP contribution in [0.5, 0.6) is 5.75 Å². The Labute approximate surface area is 174 Å². The van der Waals surface area contributed by atoms with Gasteiger partial charge in [-0.2, -0.15) is 5.10 Å². The summed E-state index contributed by atoms with van der Waals surface area (Å²) in [5, 5.41) is 5.49. The molecule has 7 heteroatoms. The van der Waals surface area contributed by atoms with Gasteiger partial charge >= 0.3 is 0 Å². The average molecular weight is 401 g/mol. The molecule has 152 valence electrons. The summed E-state index contributed by atoms with van der Waals surface area (Å²) in [6, 6.07) is 11.5. The Hall–Kier alpha value is -3.48. The summed E-state index contributed by atoms with van der Waals surface area (Å²) < 4.78 is 7.19. The molecule has 3 aromatic heterocycles. The number of hydrogen-bond acceptors (Lipinski definition) is 5. The van der Waals surface area contributed by atoms with Gasteiger partial charge in [0.2, 0.25) is 0 Å². The monoisotopic (exact) mass is 401 g/mol. The highest BCUT2D eigenvalue weighted by Gasteiger charge is 2.33. The summed E-state index contributed by atoms with van der Waals surface area (Å²) >= 11 is 0. The standard InChI is InChI=1S/C23H23N5O2/c1-14-11-22-24-9-8-21(28(22)26-14)20-5-4-10-27(20)23(29)18-13-16-12-17(30-3)6-7-19(16)25-15(18)2/h6-9,11-13,20H,4-5,10H2,1-3H3/t20-/m1/s1. The van der Waals surface area contributed by atoms with E-state index in [4.69, 9.17) is 4.74 Å². The van der Waals surface area contributed by atoms with Gasteiger partial charge in [0.05, 0.1) is 41.3 Å². The van der Waals surface area contributed by atoms with Crippen LogP contribution in [0.4, 0.5) is 0 Å². The fraction of sp³-hybridized carbons (Fsp3) is 0.304. The molecule has 7 nitrogen and oxygen atoms in total. The Balaban J connectivity index is 1.56. The summed E-state index contributed by atoms with van der Waals surface area (Å²) in [4.78, 5) is 24.6. The molecule has 0 N–H and O–H groups in total. The molecule has 1 atom stereocenters. The first-order chi connectivity index (χ1) is 14.5. The minimum atomic E-state index is -0.0392. The number of fused-ring (bicyclic) bond motifs is 2. The molecule has 5 rings (SSSR count). The second-order valence-electron chi connectivity index (χ2n) is 7.76. The van der Waals surface area contributed by atoms with E-state index in [0.29, 0.717) is 12.1 Å². The molecule has 0 unspecified atom stereocenters. The van der Waals surface area contributed by atoms with E-state index in [1.54, 1.807) is 13.3 Å². The Kier molecular flexibility index (Phi) is 4.38. The van der Waals surface area contributed by atoms with Crippen molar-refractivity contribution in [3.63, 3.8) is 0 Å². The smallest absolute Gasteiger partial charge is 0.256 e. The summed E-state index contributed by atoms with van der Waals surface area (Å²) in [5.41, 5.74) is 4.93. The molecule has 30 heavy (non-hydrogen) atoms. The van der Waals surface area contributed by atoms with E-state index in [0.717, 1.165) is 52.2 Å². The predicted octanol–water partition coefficient (Wildman–Crippen LogP) is 3.88. The van der Waals surface area contributed by atoms with Crippen LogP contribution < -0.4 is 4.74 Å². The number of carbonyl (C=O) groups excluding carboxylic acids is 1. The van der Waals surface area contributed by atoms with Gasteiger partial charge in [-0.1, -0.05) is 0 Å². The molecule has 0 saturated carbocycles. The molecule has 1 aliphatic rings. The molecule has 0 bridgehead atoms. The van der Waals surface area contributed by atoms with Gasteiger partial charge in [-0.25, -0.2) is 9.50 Å². The molecule has 0 spiro atoms. The lowest BCUT2D eigenvalue weighted by Crippen LogP contribution is -2.32. The molecule has 1 aromatic carbocycles. The van der Waals surface area contributed by atoms with Crippen LogP contribution in [0.2, 0.25) is 0 Å². The summed E-state index contributed by atoms with van der Waals surface area (Å²) in [7, 11) is 1.64. The van der Waals surface area contributed by atoms with Crippen molar-refractivity contribution in [2.45, 2.75) is 32.7 Å². The Morgan fingerprint density at radius 1 is 1.17 bits per heavy atom. The largest absolute Gasteiger partial charge is 0.497 e. The average Bonchev–Trinajstić information content (AvgIpc) is 3.38. The van der Waals surface area contributed by atoms with Crippen LogP contribution in [-0.2, 0) is 0 Å². The third-order valence-electron chi connectivity index (χ3n) is 5.81. The zero-order valence-corrected chi connectivity index (χ0v) is 17.3. The van der Waals surface area contributed by atoms with Crippen molar-refractivity contribution in [2.75, 3.05) is 13.7 Å². The topological polar surface area (TPSA) is 72.6 Å². The van der Waals surface area contributed by atoms with E-state index in [1.807, 2.05) is 59.7 Å². The molecular formula is C23H23N5O2. The van der Waals surface area contributed by atoms with Crippen molar-refractivity contribution in [3.8, 4) is 5.75 Å². The Morgan fingerprint density at radius 2 is 2.03 bits per heavy atom. The third-order valence-corrected chi connectivity index (χ3v) is 5.81. The lowest BCUT2D eigenvalue weighted by Gasteiger charge is -2.26. The number of rotatable bonds is 3. The van der Waals surface area contributed by atoms with Crippen LogP contribution in [0.3, 0.4) is 0 Å². The number of carbonyl (C=O) groups is 1. The van der Waals surface area contributed by atoms with Crippen LogP contribution >= 0.6 is 0 Å². The number of aromatic nitrogens is 4. The molecule has 4 aromatic rings. The van der Waals surface area contributed by atoms with Crippen LogP contribution in [-0.4, -0.2) is 44.0 Å². The van der Waals surface area contributed by atoms with E-state index in [-0.39, 0.29) is 11.9 Å². The highest BCUT2D eigenvalue weighted by Crippen LogP contribution is 2.34. The van der Waals surface area contributed by atoms with Crippen LogP contribution in [0.1, 0.15) is 46.3 Å². The fourth-order valence-electron chi connectivity index (χ4n) is 4.35. The number of amides is 1. The van der Waals surface area contributed by atoms with E-state index in [2.05, 4.69) is 15.1 Å². The zero-order chi connectivity index (χ0) is 20.8. The lowest BCUT2D eigenvalue weighted by molar-refractivity contribution is 0.0730. The molecule has 4 heterocycles. The van der Waals surface area contributed by atoms with Crippen molar-refractivity contribution < 1.29 is 9.53 Å². The first-order valence-electron chi connectivity index (χ1n) is 10.1. The molecule has 0 aliphatic carbocycles. The maximum Gasteiger partial charge on any atom is 0.256 e. The number of ether oxygens (including phenoxy) is 1. The predicted molar refractivity (Wildman–Crippen MR) is 114 cm³/mol. The van der Waals surface area contributed by atoms with E-state index in [9.17, 15) is 4.79 Å². The van der Waals surface area contributed by atoms with Crippen LogP contribution in [0, 0.1) is 13.8 Å². The molecule has 1 fully saturated rings. The number of benzene rings is 1. The third kappa shape index (κ3) is 2.98. The summed E-state index contributed by atoms with van der Waals surface area (Å²) in [6.07, 6.45) is 3.65. The highest BCUT2D eigenvalue weighted by molar-refractivity contribution is 5.99. The number of hydrogen-bond donors (Lipinski definition) is 0. The second-order valence-corrected chi connectivity index (χ2v) is 7.76. The van der Waals surface area contributed by atoms with Gasteiger partial charge in [-0.3, -0.25) is 9.78 Å². The number of pyridine rings is 1. The van der Waals surface area contributed by atoms with E-state index >= 15 is 0 Å².